The molecule has 4 aromatic rings. The minimum absolute atomic E-state index is 0.00555. The molecule has 6 atom stereocenters. The topological polar surface area (TPSA) is 31.0 Å². The Kier molecular flexibility index (Phi) is 8.23. The van der Waals surface area contributed by atoms with E-state index in [0.717, 1.165) is 12.8 Å². The van der Waals surface area contributed by atoms with Crippen molar-refractivity contribution in [3.05, 3.63) is 144 Å². The maximum absolute atomic E-state index is 6.70. The van der Waals surface area contributed by atoms with Crippen LogP contribution in [0.25, 0.3) is 0 Å². The van der Waals surface area contributed by atoms with Gasteiger partial charge in [0.05, 0.1) is 25.4 Å². The molecule has 2 heterocycles. The fourth-order valence-electron chi connectivity index (χ4n) is 5.43. The van der Waals surface area contributed by atoms with E-state index in [2.05, 4.69) is 109 Å². The molecule has 0 aliphatic carbocycles. The summed E-state index contributed by atoms with van der Waals surface area (Å²) in [5.74, 6) is 0. The quantitative estimate of drug-likeness (QED) is 0.212. The van der Waals surface area contributed by atoms with Gasteiger partial charge in [0, 0.05) is 10.5 Å². The van der Waals surface area contributed by atoms with Gasteiger partial charge in [-0.05, 0) is 35.1 Å². The molecule has 6 rings (SSSR count). The third-order valence-electron chi connectivity index (χ3n) is 7.42. The second-order valence-electron chi connectivity index (χ2n) is 10.2. The first-order chi connectivity index (χ1) is 18.8. The normalized spacial score (nSPS) is 26.3. The average Bonchev–Trinajstić information content (AvgIpc) is 3.76. The second kappa shape index (κ2) is 12.3. The lowest BCUT2D eigenvalue weighted by molar-refractivity contribution is 0.0186. The van der Waals surface area contributed by atoms with Crippen LogP contribution in [-0.4, -0.2) is 34.9 Å². The zero-order chi connectivity index (χ0) is 25.6. The van der Waals surface area contributed by atoms with Gasteiger partial charge in [-0.2, -0.15) is 0 Å². The third-order valence-corrected chi connectivity index (χ3v) is 8.99. The smallest absolute Gasteiger partial charge is 0.114 e. The van der Waals surface area contributed by atoms with Crippen LogP contribution >= 0.6 is 11.8 Å². The lowest BCUT2D eigenvalue weighted by atomic mass is 9.99. The fraction of sp³-hybridized carbons (Fsp3) is 0.294. The van der Waals surface area contributed by atoms with Crippen LogP contribution < -0.4 is 0 Å². The molecular formula is C34H34O3S. The van der Waals surface area contributed by atoms with Gasteiger partial charge in [0.2, 0.25) is 0 Å². The fourth-order valence-corrected chi connectivity index (χ4v) is 7.23. The van der Waals surface area contributed by atoms with Gasteiger partial charge in [-0.15, -0.1) is 11.8 Å². The van der Waals surface area contributed by atoms with E-state index in [1.54, 1.807) is 0 Å². The van der Waals surface area contributed by atoms with Crippen molar-refractivity contribution in [2.45, 2.75) is 61.0 Å². The summed E-state index contributed by atoms with van der Waals surface area (Å²) in [5.41, 5.74) is 5.04. The summed E-state index contributed by atoms with van der Waals surface area (Å²) in [6, 6.07) is 42.5. The van der Waals surface area contributed by atoms with Crippen LogP contribution in [0, 0.1) is 0 Å². The highest BCUT2D eigenvalue weighted by Gasteiger charge is 2.58. The standard InChI is InChI=1S/C34H34O3S/c1-5-13-25(14-6-1)21-29-31(35-23-27-17-9-3-10-18-27)33-34(37-33)32(36-24-28-19-11-4-12-20-28)30(38-29)22-26-15-7-2-8-16-26/h1-20,29-34H,21-24H2. The number of thioether (sulfide) groups is 1. The highest BCUT2D eigenvalue weighted by Crippen LogP contribution is 2.46. The van der Waals surface area contributed by atoms with Crippen molar-refractivity contribution >= 4 is 11.8 Å². The van der Waals surface area contributed by atoms with Crippen LogP contribution in [-0.2, 0) is 40.3 Å². The number of hydrogen-bond acceptors (Lipinski definition) is 4. The number of benzene rings is 4. The molecule has 0 bridgehead atoms. The summed E-state index contributed by atoms with van der Waals surface area (Å²) in [6.07, 6.45) is 1.95. The Morgan fingerprint density at radius 1 is 0.474 bits per heavy atom. The lowest BCUT2D eigenvalue weighted by Crippen LogP contribution is -2.34. The van der Waals surface area contributed by atoms with E-state index in [1.807, 2.05) is 23.9 Å². The highest BCUT2D eigenvalue weighted by atomic mass is 32.2. The molecule has 2 aliphatic rings. The zero-order valence-corrected chi connectivity index (χ0v) is 22.3. The first-order valence-electron chi connectivity index (χ1n) is 13.5. The van der Waals surface area contributed by atoms with E-state index < -0.39 is 0 Å². The summed E-state index contributed by atoms with van der Waals surface area (Å²) in [6.45, 7) is 1.17. The third kappa shape index (κ3) is 6.39. The van der Waals surface area contributed by atoms with E-state index >= 15 is 0 Å². The summed E-state index contributed by atoms with van der Waals surface area (Å²) in [4.78, 5) is 0. The van der Waals surface area contributed by atoms with E-state index in [0.29, 0.717) is 13.2 Å². The predicted molar refractivity (Wildman–Crippen MR) is 154 cm³/mol. The van der Waals surface area contributed by atoms with Gasteiger partial charge in [0.1, 0.15) is 12.2 Å². The average molecular weight is 523 g/mol. The monoisotopic (exact) mass is 522 g/mol. The Balaban J connectivity index is 1.28. The molecule has 2 fully saturated rings. The first-order valence-corrected chi connectivity index (χ1v) is 14.5. The van der Waals surface area contributed by atoms with Crippen molar-refractivity contribution in [1.29, 1.82) is 0 Å². The SMILES string of the molecule is c1ccc(COC2C(Cc3ccccc3)SC(Cc3ccccc3)C(OCc3ccccc3)C3OC23)cc1. The molecule has 0 saturated carbocycles. The van der Waals surface area contributed by atoms with Gasteiger partial charge in [-0.3, -0.25) is 0 Å². The molecule has 6 unspecified atom stereocenters. The van der Waals surface area contributed by atoms with Crippen LogP contribution in [0.15, 0.2) is 121 Å². The molecule has 0 spiro atoms. The predicted octanol–water partition coefficient (Wildman–Crippen LogP) is 6.89. The van der Waals surface area contributed by atoms with Gasteiger partial charge >= 0.3 is 0 Å². The maximum Gasteiger partial charge on any atom is 0.114 e. The van der Waals surface area contributed by atoms with E-state index in [1.165, 1.54) is 22.3 Å². The first kappa shape index (κ1) is 25.4. The molecule has 0 aromatic heterocycles. The molecule has 0 radical (unpaired) electrons. The molecule has 4 heteroatoms. The molecule has 194 valence electrons. The van der Waals surface area contributed by atoms with Crippen LogP contribution in [0.2, 0.25) is 0 Å². The Hall–Kier alpha value is -2.89. The van der Waals surface area contributed by atoms with E-state index in [9.17, 15) is 0 Å². The van der Waals surface area contributed by atoms with Gasteiger partial charge in [-0.25, -0.2) is 0 Å². The van der Waals surface area contributed by atoms with Crippen LogP contribution in [0.4, 0.5) is 0 Å². The molecule has 0 amide bonds. The minimum Gasteiger partial charge on any atom is -0.370 e. The van der Waals surface area contributed by atoms with Crippen LogP contribution in [0.5, 0.6) is 0 Å². The van der Waals surface area contributed by atoms with Gasteiger partial charge in [-0.1, -0.05) is 121 Å². The summed E-state index contributed by atoms with van der Waals surface area (Å²) in [5, 5.41) is 0.519. The van der Waals surface area contributed by atoms with Gasteiger partial charge in [0.25, 0.3) is 0 Å². The van der Waals surface area contributed by atoms with Crippen molar-refractivity contribution in [3.63, 3.8) is 0 Å². The largest absolute Gasteiger partial charge is 0.370 e. The highest BCUT2D eigenvalue weighted by molar-refractivity contribution is 8.00. The molecular weight excluding hydrogens is 488 g/mol. The van der Waals surface area contributed by atoms with Crippen molar-refractivity contribution in [2.75, 3.05) is 0 Å². The van der Waals surface area contributed by atoms with Gasteiger partial charge in [0.15, 0.2) is 0 Å². The summed E-state index contributed by atoms with van der Waals surface area (Å²) in [7, 11) is 0. The van der Waals surface area contributed by atoms with Crippen molar-refractivity contribution in [3.8, 4) is 0 Å². The second-order valence-corrected chi connectivity index (χ2v) is 11.7. The van der Waals surface area contributed by atoms with Crippen molar-refractivity contribution < 1.29 is 14.2 Å². The molecule has 4 aromatic carbocycles. The minimum atomic E-state index is -0.00555. The molecule has 2 saturated heterocycles. The summed E-state index contributed by atoms with van der Waals surface area (Å²) < 4.78 is 19.8. The molecule has 38 heavy (non-hydrogen) atoms. The number of ether oxygens (including phenoxy) is 3. The molecule has 0 N–H and O–H groups in total. The Morgan fingerprint density at radius 3 is 1.18 bits per heavy atom. The number of epoxide rings is 1. The summed E-state index contributed by atoms with van der Waals surface area (Å²) >= 11 is 2.03. The van der Waals surface area contributed by atoms with Crippen molar-refractivity contribution in [2.24, 2.45) is 0 Å². The lowest BCUT2D eigenvalue weighted by Gasteiger charge is -2.30. The Bertz CT molecular complexity index is 1150. The van der Waals surface area contributed by atoms with Gasteiger partial charge < -0.3 is 14.2 Å². The zero-order valence-electron chi connectivity index (χ0n) is 21.5. The van der Waals surface area contributed by atoms with E-state index in [-0.39, 0.29) is 34.9 Å². The Morgan fingerprint density at radius 2 is 0.816 bits per heavy atom. The number of rotatable bonds is 10. The van der Waals surface area contributed by atoms with E-state index in [4.69, 9.17) is 14.2 Å². The number of hydrogen-bond donors (Lipinski definition) is 0. The molecule has 3 nitrogen and oxygen atoms in total. The van der Waals surface area contributed by atoms with Crippen molar-refractivity contribution in [1.82, 2.24) is 0 Å². The van der Waals surface area contributed by atoms with Crippen LogP contribution in [0.1, 0.15) is 22.3 Å². The van der Waals surface area contributed by atoms with Crippen LogP contribution in [0.3, 0.4) is 0 Å². The molecule has 2 aliphatic heterocycles. The number of fused-ring (bicyclic) bond motifs is 1. The Labute approximate surface area is 230 Å². The maximum atomic E-state index is 6.70.